The molecule has 1 N–H and O–H groups in total. The topological polar surface area (TPSA) is 38.7 Å². The van der Waals surface area contributed by atoms with Gasteiger partial charge in [-0.05, 0) is 70.3 Å². The van der Waals surface area contributed by atoms with Crippen molar-refractivity contribution in [1.29, 1.82) is 0 Å². The number of rotatable bonds is 3. The van der Waals surface area contributed by atoms with E-state index in [-0.39, 0.29) is 12.2 Å². The first kappa shape index (κ1) is 16.9. The van der Waals surface area contributed by atoms with Gasteiger partial charge < -0.3 is 14.6 Å². The van der Waals surface area contributed by atoms with Crippen LogP contribution in [0.1, 0.15) is 52.9 Å². The molecule has 3 heteroatoms. The third-order valence-corrected chi connectivity index (χ3v) is 5.55. The Balaban J connectivity index is 1.81. The smallest absolute Gasteiger partial charge is 0.180 e. The fourth-order valence-electron chi connectivity index (χ4n) is 4.27. The summed E-state index contributed by atoms with van der Waals surface area (Å²) >= 11 is 0. The van der Waals surface area contributed by atoms with Gasteiger partial charge in [-0.2, -0.15) is 0 Å². The molecule has 1 aliphatic carbocycles. The van der Waals surface area contributed by atoms with Gasteiger partial charge in [-0.15, -0.1) is 0 Å². The van der Waals surface area contributed by atoms with Gasteiger partial charge in [0.1, 0.15) is 0 Å². The lowest BCUT2D eigenvalue weighted by atomic mass is 9.72. The maximum absolute atomic E-state index is 10.3. The van der Waals surface area contributed by atoms with E-state index in [9.17, 15) is 5.11 Å². The van der Waals surface area contributed by atoms with E-state index in [1.807, 2.05) is 0 Å². The van der Waals surface area contributed by atoms with Crippen LogP contribution in [0.25, 0.3) is 0 Å². The first-order valence-electron chi connectivity index (χ1n) is 9.00. The quantitative estimate of drug-likeness (QED) is 0.787. The Morgan fingerprint density at radius 1 is 1.35 bits per heavy atom. The Morgan fingerprint density at radius 2 is 2.17 bits per heavy atom. The Bertz CT molecular complexity index is 513. The molecule has 3 nitrogen and oxygen atoms in total. The third kappa shape index (κ3) is 3.78. The lowest BCUT2D eigenvalue weighted by molar-refractivity contribution is -0.224. The average molecular weight is 318 g/mol. The van der Waals surface area contributed by atoms with Crippen LogP contribution in [0.5, 0.6) is 0 Å². The summed E-state index contributed by atoms with van der Waals surface area (Å²) in [7, 11) is 0. The minimum atomic E-state index is -0.782. The third-order valence-electron chi connectivity index (χ3n) is 5.55. The number of allylic oxidation sites excluding steroid dienone is 5. The molecule has 2 heterocycles. The molecule has 2 saturated heterocycles. The first-order valence-corrected chi connectivity index (χ1v) is 9.00. The minimum Gasteiger partial charge on any atom is -0.364 e. The van der Waals surface area contributed by atoms with Crippen molar-refractivity contribution in [3.8, 4) is 0 Å². The summed E-state index contributed by atoms with van der Waals surface area (Å²) in [5, 5.41) is 10.3. The molecule has 0 amide bonds. The Labute approximate surface area is 140 Å². The predicted molar refractivity (Wildman–Crippen MR) is 91.7 cm³/mol. The van der Waals surface area contributed by atoms with Crippen LogP contribution in [0.2, 0.25) is 0 Å². The minimum absolute atomic E-state index is 0.231. The van der Waals surface area contributed by atoms with E-state index in [4.69, 9.17) is 9.47 Å². The molecule has 3 rings (SSSR count). The van der Waals surface area contributed by atoms with E-state index < -0.39 is 6.29 Å². The highest BCUT2D eigenvalue weighted by Gasteiger charge is 2.49. The summed E-state index contributed by atoms with van der Waals surface area (Å²) in [5.41, 5.74) is 3.90. The van der Waals surface area contributed by atoms with Gasteiger partial charge in [0.25, 0.3) is 0 Å². The molecule has 2 fully saturated rings. The van der Waals surface area contributed by atoms with Crippen LogP contribution in [0.15, 0.2) is 34.9 Å². The SMILES string of the molecule is CC(C)=CCC[C@H]1CO[C@@H]2O[C@@H](O)C3=CCC=C(C)CC[C@@H]1[C@@H]32. The largest absolute Gasteiger partial charge is 0.364 e. The van der Waals surface area contributed by atoms with Crippen LogP contribution >= 0.6 is 0 Å². The van der Waals surface area contributed by atoms with Gasteiger partial charge in [-0.25, -0.2) is 0 Å². The van der Waals surface area contributed by atoms with E-state index in [2.05, 4.69) is 39.0 Å². The van der Waals surface area contributed by atoms with Crippen molar-refractivity contribution in [3.63, 3.8) is 0 Å². The van der Waals surface area contributed by atoms with E-state index in [1.165, 1.54) is 17.6 Å². The maximum atomic E-state index is 10.3. The van der Waals surface area contributed by atoms with Gasteiger partial charge in [-0.1, -0.05) is 29.4 Å². The van der Waals surface area contributed by atoms with Crippen LogP contribution < -0.4 is 0 Å². The molecule has 0 radical (unpaired) electrons. The number of ether oxygens (including phenoxy) is 2. The van der Waals surface area contributed by atoms with Gasteiger partial charge in [-0.3, -0.25) is 0 Å². The predicted octanol–water partition coefficient (Wildman–Crippen LogP) is 4.34. The Kier molecular flexibility index (Phi) is 5.40. The molecule has 5 atom stereocenters. The molecule has 3 aliphatic rings. The van der Waals surface area contributed by atoms with Crippen molar-refractivity contribution < 1.29 is 14.6 Å². The molecule has 0 aromatic heterocycles. The number of aliphatic hydroxyl groups is 1. The summed E-state index contributed by atoms with van der Waals surface area (Å²) in [6.07, 6.45) is 11.2. The summed E-state index contributed by atoms with van der Waals surface area (Å²) in [6, 6.07) is 0. The van der Waals surface area contributed by atoms with Crippen LogP contribution in [0.3, 0.4) is 0 Å². The lowest BCUT2D eigenvalue weighted by Crippen LogP contribution is -2.40. The van der Waals surface area contributed by atoms with Crippen molar-refractivity contribution >= 4 is 0 Å². The summed E-state index contributed by atoms with van der Waals surface area (Å²) in [4.78, 5) is 0. The van der Waals surface area contributed by atoms with E-state index in [1.54, 1.807) is 0 Å². The molecule has 2 aliphatic heterocycles. The van der Waals surface area contributed by atoms with Gasteiger partial charge >= 0.3 is 0 Å². The van der Waals surface area contributed by atoms with Crippen LogP contribution in [0.4, 0.5) is 0 Å². The molecule has 0 saturated carbocycles. The summed E-state index contributed by atoms with van der Waals surface area (Å²) < 4.78 is 11.7. The number of hydrogen-bond acceptors (Lipinski definition) is 3. The second-order valence-electron chi connectivity index (χ2n) is 7.53. The second-order valence-corrected chi connectivity index (χ2v) is 7.53. The zero-order valence-electron chi connectivity index (χ0n) is 14.6. The zero-order valence-corrected chi connectivity index (χ0v) is 14.6. The maximum Gasteiger partial charge on any atom is 0.180 e. The summed E-state index contributed by atoms with van der Waals surface area (Å²) in [6.45, 7) is 7.29. The van der Waals surface area contributed by atoms with Gasteiger partial charge in [0.15, 0.2) is 12.6 Å². The zero-order chi connectivity index (χ0) is 16.4. The molecule has 0 aromatic rings. The Hall–Kier alpha value is -0.900. The standard InChI is InChI=1S/C20H30O3/c1-13(2)6-4-8-15-12-22-20-18-16(15)11-10-14(3)7-5-9-17(18)19(21)23-20/h6-7,9,15-16,18-21H,4-5,8,10-12H2,1-3H3/t15-,16-,18-,19+,20+/m0/s1. The molecular weight excluding hydrogens is 288 g/mol. The van der Waals surface area contributed by atoms with Crippen LogP contribution in [-0.4, -0.2) is 24.3 Å². The van der Waals surface area contributed by atoms with Crippen molar-refractivity contribution in [2.24, 2.45) is 17.8 Å². The highest BCUT2D eigenvalue weighted by Crippen LogP contribution is 2.47. The number of aliphatic hydroxyl groups excluding tert-OH is 1. The van der Waals surface area contributed by atoms with Crippen molar-refractivity contribution in [2.75, 3.05) is 6.61 Å². The monoisotopic (exact) mass is 318 g/mol. The fourth-order valence-corrected chi connectivity index (χ4v) is 4.27. The molecule has 0 aromatic carbocycles. The van der Waals surface area contributed by atoms with E-state index in [0.717, 1.165) is 37.9 Å². The molecule has 23 heavy (non-hydrogen) atoms. The normalized spacial score (nSPS) is 37.0. The summed E-state index contributed by atoms with van der Waals surface area (Å²) in [5.74, 6) is 1.33. The molecular formula is C20H30O3. The average Bonchev–Trinajstić information content (AvgIpc) is 2.85. The highest BCUT2D eigenvalue weighted by atomic mass is 16.7. The molecule has 0 bridgehead atoms. The van der Waals surface area contributed by atoms with Crippen LogP contribution in [0, 0.1) is 17.8 Å². The highest BCUT2D eigenvalue weighted by molar-refractivity contribution is 5.21. The first-order chi connectivity index (χ1) is 11.1. The second kappa shape index (κ2) is 7.33. The van der Waals surface area contributed by atoms with Gasteiger partial charge in [0, 0.05) is 5.92 Å². The molecule has 0 spiro atoms. The lowest BCUT2D eigenvalue weighted by Gasteiger charge is -2.39. The Morgan fingerprint density at radius 3 is 2.96 bits per heavy atom. The molecule has 128 valence electrons. The van der Waals surface area contributed by atoms with Gasteiger partial charge in [0.05, 0.1) is 6.61 Å². The van der Waals surface area contributed by atoms with Gasteiger partial charge in [0.2, 0.25) is 0 Å². The fraction of sp³-hybridized carbons (Fsp3) is 0.700. The van der Waals surface area contributed by atoms with Crippen LogP contribution in [-0.2, 0) is 9.47 Å². The van der Waals surface area contributed by atoms with Crippen molar-refractivity contribution in [2.45, 2.75) is 65.5 Å². The van der Waals surface area contributed by atoms with Crippen molar-refractivity contribution in [1.82, 2.24) is 0 Å². The van der Waals surface area contributed by atoms with Crippen molar-refractivity contribution in [3.05, 3.63) is 34.9 Å². The van der Waals surface area contributed by atoms with E-state index in [0.29, 0.717) is 11.8 Å². The molecule has 0 unspecified atom stereocenters. The van der Waals surface area contributed by atoms with E-state index >= 15 is 0 Å². The number of hydrogen-bond donors (Lipinski definition) is 1.